The smallest absolute Gasteiger partial charge is 0.168 e. The van der Waals surface area contributed by atoms with Crippen molar-refractivity contribution in [3.63, 3.8) is 0 Å². The minimum absolute atomic E-state index is 0.0885. The zero-order valence-electron chi connectivity index (χ0n) is 7.14. The van der Waals surface area contributed by atoms with E-state index in [2.05, 4.69) is 13.8 Å². The number of hydrogen-bond donors (Lipinski definition) is 0. The molecule has 0 bridgehead atoms. The number of nitrogens with zero attached hydrogens (tertiary/aromatic N) is 1. The lowest BCUT2D eigenvalue weighted by Crippen LogP contribution is -2.28. The summed E-state index contributed by atoms with van der Waals surface area (Å²) >= 11 is 0. The summed E-state index contributed by atoms with van der Waals surface area (Å²) < 4.78 is 1.08. The van der Waals surface area contributed by atoms with Crippen molar-refractivity contribution in [1.29, 1.82) is 0 Å². The molecule has 1 aliphatic heterocycles. The maximum atomic E-state index is 11.2. The zero-order chi connectivity index (χ0) is 7.99. The summed E-state index contributed by atoms with van der Waals surface area (Å²) in [5.74, 6) is 0. The third kappa shape index (κ3) is 1.15. The van der Waals surface area contributed by atoms with Crippen molar-refractivity contribution in [2.24, 2.45) is 5.41 Å². The molecule has 0 aromatic rings. The second-order valence-corrected chi connectivity index (χ2v) is 4.43. The molecule has 1 heterocycles. The third-order valence-electron chi connectivity index (χ3n) is 1.95. The minimum Gasteiger partial charge on any atom is -0.624 e. The molecule has 0 spiro atoms. The van der Waals surface area contributed by atoms with E-state index in [1.165, 1.54) is 0 Å². The Balaban J connectivity index is 2.89. The van der Waals surface area contributed by atoms with Crippen LogP contribution in [0.5, 0.6) is 0 Å². The maximum absolute atomic E-state index is 11.2. The first-order chi connectivity index (χ1) is 4.33. The fraction of sp³-hybridized carbons (Fsp3) is 0.875. The van der Waals surface area contributed by atoms with E-state index in [1.54, 1.807) is 6.21 Å². The second kappa shape index (κ2) is 1.74. The molecule has 1 rings (SSSR count). The molecule has 0 saturated carbocycles. The first-order valence-corrected chi connectivity index (χ1v) is 3.66. The Bertz CT molecular complexity index is 180. The standard InChI is InChI=1S/C8H15NO/c1-7(2)5-8(3,4)9(10)6-7/h6H,5H2,1-4H3. The highest BCUT2D eigenvalue weighted by Gasteiger charge is 2.42. The van der Waals surface area contributed by atoms with Gasteiger partial charge in [-0.05, 0) is 0 Å². The molecule has 0 aromatic heterocycles. The molecule has 0 atom stereocenters. The van der Waals surface area contributed by atoms with Crippen LogP contribution in [0.15, 0.2) is 0 Å². The summed E-state index contributed by atoms with van der Waals surface area (Å²) in [5, 5.41) is 11.2. The zero-order valence-corrected chi connectivity index (χ0v) is 7.14. The Morgan fingerprint density at radius 1 is 1.30 bits per heavy atom. The summed E-state index contributed by atoms with van der Waals surface area (Å²) in [6.07, 6.45) is 2.72. The van der Waals surface area contributed by atoms with Gasteiger partial charge in [-0.25, -0.2) is 4.74 Å². The normalized spacial score (nSPS) is 28.2. The highest BCUT2D eigenvalue weighted by atomic mass is 16.5. The number of hydroxylamine groups is 1. The Hall–Kier alpha value is -0.530. The van der Waals surface area contributed by atoms with Crippen molar-refractivity contribution < 1.29 is 4.74 Å². The SMILES string of the molecule is CC1(C)C=[N+]([O-])C(C)(C)C1. The topological polar surface area (TPSA) is 26.1 Å². The Morgan fingerprint density at radius 2 is 1.80 bits per heavy atom. The highest BCUT2D eigenvalue weighted by Crippen LogP contribution is 2.33. The van der Waals surface area contributed by atoms with E-state index >= 15 is 0 Å². The van der Waals surface area contributed by atoms with Crippen LogP contribution in [-0.2, 0) is 0 Å². The van der Waals surface area contributed by atoms with Crippen molar-refractivity contribution in [1.82, 2.24) is 0 Å². The fourth-order valence-electron chi connectivity index (χ4n) is 1.73. The van der Waals surface area contributed by atoms with E-state index in [4.69, 9.17) is 0 Å². The lowest BCUT2D eigenvalue weighted by Gasteiger charge is -2.19. The summed E-state index contributed by atoms with van der Waals surface area (Å²) in [4.78, 5) is 0. The second-order valence-electron chi connectivity index (χ2n) is 4.43. The average molecular weight is 141 g/mol. The lowest BCUT2D eigenvalue weighted by molar-refractivity contribution is -0.527. The number of hydrogen-bond acceptors (Lipinski definition) is 1. The third-order valence-corrected chi connectivity index (χ3v) is 1.95. The van der Waals surface area contributed by atoms with Crippen molar-refractivity contribution in [3.05, 3.63) is 5.21 Å². The van der Waals surface area contributed by atoms with Crippen LogP contribution < -0.4 is 0 Å². The van der Waals surface area contributed by atoms with Crippen molar-refractivity contribution >= 4 is 6.21 Å². The number of rotatable bonds is 0. The van der Waals surface area contributed by atoms with Crippen LogP contribution in [0.2, 0.25) is 0 Å². The van der Waals surface area contributed by atoms with Crippen molar-refractivity contribution in [2.75, 3.05) is 0 Å². The average Bonchev–Trinajstić information content (AvgIpc) is 1.73. The molecular formula is C8H15NO. The van der Waals surface area contributed by atoms with E-state index in [1.807, 2.05) is 13.8 Å². The van der Waals surface area contributed by atoms with Gasteiger partial charge in [0.25, 0.3) is 0 Å². The van der Waals surface area contributed by atoms with E-state index in [-0.39, 0.29) is 11.0 Å². The molecule has 2 heteroatoms. The van der Waals surface area contributed by atoms with Crippen LogP contribution >= 0.6 is 0 Å². The molecule has 0 radical (unpaired) electrons. The van der Waals surface area contributed by atoms with Gasteiger partial charge in [0.15, 0.2) is 11.8 Å². The van der Waals surface area contributed by atoms with Crippen molar-refractivity contribution in [2.45, 2.75) is 39.7 Å². The van der Waals surface area contributed by atoms with Gasteiger partial charge in [0.1, 0.15) is 0 Å². The monoisotopic (exact) mass is 141 g/mol. The van der Waals surface area contributed by atoms with E-state index in [0.717, 1.165) is 11.2 Å². The van der Waals surface area contributed by atoms with Gasteiger partial charge in [-0.15, -0.1) is 0 Å². The molecule has 0 aromatic carbocycles. The van der Waals surface area contributed by atoms with Crippen LogP contribution in [0.25, 0.3) is 0 Å². The van der Waals surface area contributed by atoms with Crippen LogP contribution in [0.4, 0.5) is 0 Å². The Labute approximate surface area is 62.1 Å². The minimum atomic E-state index is -0.191. The molecule has 0 unspecified atom stereocenters. The van der Waals surface area contributed by atoms with E-state index in [0.29, 0.717) is 0 Å². The first-order valence-electron chi connectivity index (χ1n) is 3.66. The molecule has 2 nitrogen and oxygen atoms in total. The van der Waals surface area contributed by atoms with Crippen LogP contribution in [0.3, 0.4) is 0 Å². The highest BCUT2D eigenvalue weighted by molar-refractivity contribution is 5.61. The summed E-state index contributed by atoms with van der Waals surface area (Å²) in [6, 6.07) is 0. The Kier molecular flexibility index (Phi) is 1.32. The summed E-state index contributed by atoms with van der Waals surface area (Å²) in [7, 11) is 0. The van der Waals surface area contributed by atoms with Gasteiger partial charge in [-0.2, -0.15) is 0 Å². The van der Waals surface area contributed by atoms with E-state index < -0.39 is 0 Å². The largest absolute Gasteiger partial charge is 0.624 e. The van der Waals surface area contributed by atoms with E-state index in [9.17, 15) is 5.21 Å². The summed E-state index contributed by atoms with van der Waals surface area (Å²) in [6.45, 7) is 8.13. The molecule has 0 fully saturated rings. The first kappa shape index (κ1) is 7.58. The lowest BCUT2D eigenvalue weighted by atomic mass is 9.85. The van der Waals surface area contributed by atoms with Crippen LogP contribution in [-0.4, -0.2) is 16.5 Å². The van der Waals surface area contributed by atoms with Gasteiger partial charge >= 0.3 is 0 Å². The fourth-order valence-corrected chi connectivity index (χ4v) is 1.73. The summed E-state index contributed by atoms with van der Waals surface area (Å²) in [5.41, 5.74) is -0.102. The predicted molar refractivity (Wildman–Crippen MR) is 42.2 cm³/mol. The molecule has 0 N–H and O–H groups in total. The van der Waals surface area contributed by atoms with Gasteiger partial charge in [-0.3, -0.25) is 0 Å². The van der Waals surface area contributed by atoms with Crippen LogP contribution in [0, 0.1) is 10.6 Å². The molecule has 0 aliphatic carbocycles. The molecular weight excluding hydrogens is 126 g/mol. The molecule has 1 aliphatic rings. The van der Waals surface area contributed by atoms with Gasteiger partial charge < -0.3 is 5.21 Å². The van der Waals surface area contributed by atoms with Crippen LogP contribution in [0.1, 0.15) is 34.1 Å². The van der Waals surface area contributed by atoms with Gasteiger partial charge in [0.2, 0.25) is 0 Å². The quantitative estimate of drug-likeness (QED) is 0.373. The predicted octanol–water partition coefficient (Wildman–Crippen LogP) is 1.78. The molecule has 0 amide bonds. The van der Waals surface area contributed by atoms with Gasteiger partial charge in [-0.1, -0.05) is 13.8 Å². The maximum Gasteiger partial charge on any atom is 0.168 e. The molecule has 58 valence electrons. The van der Waals surface area contributed by atoms with Gasteiger partial charge in [0, 0.05) is 25.7 Å². The Morgan fingerprint density at radius 3 is 1.90 bits per heavy atom. The van der Waals surface area contributed by atoms with Gasteiger partial charge in [0.05, 0.1) is 0 Å². The molecule has 0 saturated heterocycles. The molecule has 10 heavy (non-hydrogen) atoms. The van der Waals surface area contributed by atoms with Crippen molar-refractivity contribution in [3.8, 4) is 0 Å².